The second kappa shape index (κ2) is 7.33. The minimum absolute atomic E-state index is 0.0488. The summed E-state index contributed by atoms with van der Waals surface area (Å²) in [6.07, 6.45) is 1.95. The molecule has 1 aromatic rings. The molecule has 0 saturated carbocycles. The largest absolute Gasteiger partial charge is 0.347 e. The van der Waals surface area contributed by atoms with Crippen LogP contribution in [-0.2, 0) is 4.79 Å². The van der Waals surface area contributed by atoms with Crippen LogP contribution in [0.25, 0.3) is 0 Å². The first kappa shape index (κ1) is 16.6. The van der Waals surface area contributed by atoms with Gasteiger partial charge in [0.25, 0.3) is 0 Å². The van der Waals surface area contributed by atoms with Crippen LogP contribution in [-0.4, -0.2) is 35.9 Å². The number of hydrogen-bond acceptors (Lipinski definition) is 3. The summed E-state index contributed by atoms with van der Waals surface area (Å²) in [6, 6.07) is 2.65. The van der Waals surface area contributed by atoms with Gasteiger partial charge >= 0.3 is 0 Å². The summed E-state index contributed by atoms with van der Waals surface area (Å²) in [5.41, 5.74) is 0.728. The van der Waals surface area contributed by atoms with Gasteiger partial charge in [0.1, 0.15) is 5.82 Å². The summed E-state index contributed by atoms with van der Waals surface area (Å²) in [7, 11) is 3.50. The molecule has 1 N–H and O–H groups in total. The fourth-order valence-corrected chi connectivity index (χ4v) is 2.05. The molecule has 1 rings (SSSR count). The first-order valence-electron chi connectivity index (χ1n) is 6.90. The van der Waals surface area contributed by atoms with Crippen molar-refractivity contribution in [2.45, 2.75) is 39.3 Å². The maximum atomic E-state index is 12.9. The Hall–Kier alpha value is -1.49. The normalized spacial score (nSPS) is 14.2. The third kappa shape index (κ3) is 4.89. The Balaban J connectivity index is 2.78. The lowest BCUT2D eigenvalue weighted by molar-refractivity contribution is -0.131. The van der Waals surface area contributed by atoms with E-state index in [1.807, 2.05) is 6.92 Å². The van der Waals surface area contributed by atoms with Crippen molar-refractivity contribution >= 4 is 5.91 Å². The first-order chi connectivity index (χ1) is 9.31. The third-order valence-electron chi connectivity index (χ3n) is 3.09. The topological polar surface area (TPSA) is 45.2 Å². The second-order valence-electron chi connectivity index (χ2n) is 5.70. The number of aromatic nitrogens is 1. The molecule has 5 heteroatoms. The summed E-state index contributed by atoms with van der Waals surface area (Å²) in [5, 5.41) is 3.29. The molecule has 2 atom stereocenters. The molecule has 0 bridgehead atoms. The lowest BCUT2D eigenvalue weighted by atomic mass is 10.0. The van der Waals surface area contributed by atoms with Crippen molar-refractivity contribution in [1.29, 1.82) is 0 Å². The standard InChI is InChI=1S/C15H24FN3O/c1-10(2)8-14(15(20)19(4)5)18-11(3)13-7-6-12(16)9-17-13/h6-7,9-11,14,18H,8H2,1-5H3. The van der Waals surface area contributed by atoms with Crippen molar-refractivity contribution < 1.29 is 9.18 Å². The molecule has 1 amide bonds. The summed E-state index contributed by atoms with van der Waals surface area (Å²) >= 11 is 0. The first-order valence-corrected chi connectivity index (χ1v) is 6.90. The summed E-state index contributed by atoms with van der Waals surface area (Å²) in [4.78, 5) is 17.8. The van der Waals surface area contributed by atoms with Gasteiger partial charge in [-0.05, 0) is 31.4 Å². The van der Waals surface area contributed by atoms with Crippen LogP contribution in [0.1, 0.15) is 38.9 Å². The van der Waals surface area contributed by atoms with Crippen molar-refractivity contribution in [1.82, 2.24) is 15.2 Å². The highest BCUT2D eigenvalue weighted by Gasteiger charge is 2.23. The quantitative estimate of drug-likeness (QED) is 0.870. The van der Waals surface area contributed by atoms with Crippen molar-refractivity contribution in [3.8, 4) is 0 Å². The van der Waals surface area contributed by atoms with Gasteiger partial charge in [-0.1, -0.05) is 13.8 Å². The molecular formula is C15H24FN3O. The molecule has 0 saturated heterocycles. The molecule has 0 fully saturated rings. The van der Waals surface area contributed by atoms with E-state index in [0.717, 1.165) is 12.1 Å². The minimum Gasteiger partial charge on any atom is -0.347 e. The maximum absolute atomic E-state index is 12.9. The van der Waals surface area contributed by atoms with Gasteiger partial charge in [0.05, 0.1) is 17.9 Å². The second-order valence-corrected chi connectivity index (χ2v) is 5.70. The van der Waals surface area contributed by atoms with E-state index < -0.39 is 0 Å². The molecular weight excluding hydrogens is 257 g/mol. The van der Waals surface area contributed by atoms with E-state index >= 15 is 0 Å². The van der Waals surface area contributed by atoms with Crippen LogP contribution in [0.5, 0.6) is 0 Å². The molecule has 0 aliphatic rings. The lowest BCUT2D eigenvalue weighted by Gasteiger charge is -2.26. The zero-order valence-electron chi connectivity index (χ0n) is 12.9. The average molecular weight is 281 g/mol. The number of amides is 1. The molecule has 0 aliphatic carbocycles. The van der Waals surface area contributed by atoms with Crippen molar-refractivity contribution in [3.05, 3.63) is 29.8 Å². The van der Waals surface area contributed by atoms with E-state index in [-0.39, 0.29) is 23.8 Å². The molecule has 0 spiro atoms. The number of nitrogens with one attached hydrogen (secondary N) is 1. The van der Waals surface area contributed by atoms with Crippen LogP contribution in [0.2, 0.25) is 0 Å². The van der Waals surface area contributed by atoms with Crippen LogP contribution < -0.4 is 5.32 Å². The lowest BCUT2D eigenvalue weighted by Crippen LogP contribution is -2.45. The van der Waals surface area contributed by atoms with Crippen LogP contribution in [0.3, 0.4) is 0 Å². The number of carbonyl (C=O) groups excluding carboxylic acids is 1. The van der Waals surface area contributed by atoms with Crippen LogP contribution >= 0.6 is 0 Å². The predicted molar refractivity (Wildman–Crippen MR) is 77.7 cm³/mol. The number of likely N-dealkylation sites (N-methyl/N-ethyl adjacent to an activating group) is 1. The van der Waals surface area contributed by atoms with E-state index in [1.165, 1.54) is 12.3 Å². The van der Waals surface area contributed by atoms with Crippen LogP contribution in [0.15, 0.2) is 18.3 Å². The van der Waals surface area contributed by atoms with Gasteiger partial charge in [-0.3, -0.25) is 15.1 Å². The zero-order chi connectivity index (χ0) is 15.3. The Morgan fingerprint density at radius 2 is 2.00 bits per heavy atom. The number of pyridine rings is 1. The zero-order valence-corrected chi connectivity index (χ0v) is 12.9. The van der Waals surface area contributed by atoms with Crippen molar-refractivity contribution in [3.63, 3.8) is 0 Å². The molecule has 4 nitrogen and oxygen atoms in total. The number of hydrogen-bond donors (Lipinski definition) is 1. The number of rotatable bonds is 6. The molecule has 20 heavy (non-hydrogen) atoms. The Morgan fingerprint density at radius 1 is 1.35 bits per heavy atom. The van der Waals surface area contributed by atoms with E-state index in [9.17, 15) is 9.18 Å². The number of carbonyl (C=O) groups is 1. The monoisotopic (exact) mass is 281 g/mol. The van der Waals surface area contributed by atoms with Crippen molar-refractivity contribution in [2.24, 2.45) is 5.92 Å². The Bertz CT molecular complexity index is 431. The fourth-order valence-electron chi connectivity index (χ4n) is 2.05. The fraction of sp³-hybridized carbons (Fsp3) is 0.600. The molecule has 2 unspecified atom stereocenters. The summed E-state index contributed by atoms with van der Waals surface area (Å²) in [5.74, 6) is 0.0986. The van der Waals surface area contributed by atoms with Gasteiger partial charge < -0.3 is 4.90 Å². The van der Waals surface area contributed by atoms with E-state index in [4.69, 9.17) is 0 Å². The number of nitrogens with zero attached hydrogens (tertiary/aromatic N) is 2. The van der Waals surface area contributed by atoms with E-state index in [0.29, 0.717) is 5.92 Å². The highest BCUT2D eigenvalue weighted by atomic mass is 19.1. The van der Waals surface area contributed by atoms with Crippen LogP contribution in [0.4, 0.5) is 4.39 Å². The molecule has 0 aromatic carbocycles. The summed E-state index contributed by atoms with van der Waals surface area (Å²) < 4.78 is 12.9. The van der Waals surface area contributed by atoms with E-state index in [1.54, 1.807) is 25.1 Å². The highest BCUT2D eigenvalue weighted by Crippen LogP contribution is 2.14. The Labute approximate surface area is 120 Å². The van der Waals surface area contributed by atoms with Gasteiger partial charge in [0.15, 0.2) is 0 Å². The Morgan fingerprint density at radius 3 is 2.45 bits per heavy atom. The van der Waals surface area contributed by atoms with Crippen molar-refractivity contribution in [2.75, 3.05) is 14.1 Å². The predicted octanol–water partition coefficient (Wildman–Crippen LogP) is 2.37. The third-order valence-corrected chi connectivity index (χ3v) is 3.09. The Kier molecular flexibility index (Phi) is 6.07. The van der Waals surface area contributed by atoms with Gasteiger partial charge in [0.2, 0.25) is 5.91 Å². The van der Waals surface area contributed by atoms with Gasteiger partial charge in [-0.2, -0.15) is 0 Å². The maximum Gasteiger partial charge on any atom is 0.239 e. The van der Waals surface area contributed by atoms with Gasteiger partial charge in [0, 0.05) is 20.1 Å². The van der Waals surface area contributed by atoms with E-state index in [2.05, 4.69) is 24.1 Å². The molecule has 112 valence electrons. The average Bonchev–Trinajstić information content (AvgIpc) is 2.37. The van der Waals surface area contributed by atoms with Gasteiger partial charge in [-0.15, -0.1) is 0 Å². The molecule has 0 radical (unpaired) electrons. The molecule has 1 heterocycles. The SMILES string of the molecule is CC(C)CC(NC(C)c1ccc(F)cn1)C(=O)N(C)C. The number of halogens is 1. The van der Waals surface area contributed by atoms with Crippen LogP contribution in [0, 0.1) is 11.7 Å². The minimum atomic E-state index is -0.357. The highest BCUT2D eigenvalue weighted by molar-refractivity contribution is 5.81. The van der Waals surface area contributed by atoms with Gasteiger partial charge in [-0.25, -0.2) is 4.39 Å². The smallest absolute Gasteiger partial charge is 0.239 e. The molecule has 0 aliphatic heterocycles. The summed E-state index contributed by atoms with van der Waals surface area (Å²) in [6.45, 7) is 6.09. The molecule has 1 aromatic heterocycles.